The smallest absolute Gasteiger partial charge is 0.410 e. The summed E-state index contributed by atoms with van der Waals surface area (Å²) in [5.41, 5.74) is 0.562. The standard InChI is InChI=1S/C14H23Cl2NO3/c1-13(2,3)20-12(18)17-7-5-14(4,6-8-17)19-10-11(16)9-15/h9H,5-8,10H2,1-4H3. The number of carbonyl (C=O) groups is 1. The molecule has 20 heavy (non-hydrogen) atoms. The first-order valence-corrected chi connectivity index (χ1v) is 7.53. The largest absolute Gasteiger partial charge is 0.444 e. The zero-order valence-electron chi connectivity index (χ0n) is 12.5. The molecule has 1 amide bonds. The molecule has 0 aliphatic carbocycles. The minimum absolute atomic E-state index is 0.266. The molecule has 4 nitrogen and oxygen atoms in total. The van der Waals surface area contributed by atoms with E-state index >= 15 is 0 Å². The molecule has 6 heteroatoms. The lowest BCUT2D eigenvalue weighted by Crippen LogP contribution is -2.48. The number of halogens is 2. The average molecular weight is 324 g/mol. The van der Waals surface area contributed by atoms with Crippen LogP contribution >= 0.6 is 23.2 Å². The Labute approximate surface area is 131 Å². The highest BCUT2D eigenvalue weighted by Gasteiger charge is 2.34. The van der Waals surface area contributed by atoms with Crippen molar-refractivity contribution in [3.05, 3.63) is 10.6 Å². The number of likely N-dealkylation sites (tertiary alicyclic amines) is 1. The number of hydrogen-bond acceptors (Lipinski definition) is 3. The zero-order valence-corrected chi connectivity index (χ0v) is 14.1. The van der Waals surface area contributed by atoms with Crippen molar-refractivity contribution in [3.63, 3.8) is 0 Å². The van der Waals surface area contributed by atoms with Crippen molar-refractivity contribution in [1.29, 1.82) is 0 Å². The maximum Gasteiger partial charge on any atom is 0.410 e. The van der Waals surface area contributed by atoms with E-state index in [2.05, 4.69) is 0 Å². The molecule has 1 fully saturated rings. The maximum absolute atomic E-state index is 12.0. The Balaban J connectivity index is 2.44. The van der Waals surface area contributed by atoms with Gasteiger partial charge in [-0.3, -0.25) is 0 Å². The minimum Gasteiger partial charge on any atom is -0.444 e. The van der Waals surface area contributed by atoms with Crippen LogP contribution in [0.15, 0.2) is 10.6 Å². The van der Waals surface area contributed by atoms with Gasteiger partial charge >= 0.3 is 6.09 Å². The van der Waals surface area contributed by atoms with E-state index in [1.807, 2.05) is 27.7 Å². The van der Waals surface area contributed by atoms with Gasteiger partial charge in [0.15, 0.2) is 0 Å². The van der Waals surface area contributed by atoms with Gasteiger partial charge in [-0.2, -0.15) is 0 Å². The van der Waals surface area contributed by atoms with Gasteiger partial charge in [0.25, 0.3) is 0 Å². The second kappa shape index (κ2) is 7.01. The van der Waals surface area contributed by atoms with Gasteiger partial charge in [0, 0.05) is 18.6 Å². The van der Waals surface area contributed by atoms with Crippen molar-refractivity contribution >= 4 is 29.3 Å². The number of carbonyl (C=O) groups excluding carboxylic acids is 1. The van der Waals surface area contributed by atoms with Crippen LogP contribution in [0.1, 0.15) is 40.5 Å². The van der Waals surface area contributed by atoms with Gasteiger partial charge < -0.3 is 14.4 Å². The van der Waals surface area contributed by atoms with Gasteiger partial charge in [-0.15, -0.1) is 0 Å². The molecule has 0 saturated carbocycles. The van der Waals surface area contributed by atoms with Crippen molar-refractivity contribution in [1.82, 2.24) is 4.90 Å². The number of ether oxygens (including phenoxy) is 2. The van der Waals surface area contributed by atoms with Crippen molar-refractivity contribution in [2.45, 2.75) is 51.7 Å². The van der Waals surface area contributed by atoms with E-state index in [9.17, 15) is 4.79 Å². The summed E-state index contributed by atoms with van der Waals surface area (Å²) in [5, 5.41) is 0.475. The van der Waals surface area contributed by atoms with E-state index in [1.54, 1.807) is 4.90 Å². The number of piperidine rings is 1. The van der Waals surface area contributed by atoms with Crippen LogP contribution in [-0.2, 0) is 9.47 Å². The Bertz CT molecular complexity index is 369. The predicted octanol–water partition coefficient (Wildman–Crippen LogP) is 4.11. The van der Waals surface area contributed by atoms with Crippen molar-refractivity contribution in [2.75, 3.05) is 19.7 Å². The summed E-state index contributed by atoms with van der Waals surface area (Å²) < 4.78 is 11.1. The van der Waals surface area contributed by atoms with Crippen LogP contribution < -0.4 is 0 Å². The molecule has 0 atom stereocenters. The third-order valence-corrected chi connectivity index (χ3v) is 3.74. The summed E-state index contributed by atoms with van der Waals surface area (Å²) in [7, 11) is 0. The molecule has 1 heterocycles. The molecule has 0 aromatic heterocycles. The lowest BCUT2D eigenvalue weighted by molar-refractivity contribution is -0.0627. The summed E-state index contributed by atoms with van der Waals surface area (Å²) in [6.07, 6.45) is 1.23. The second-order valence-corrected chi connectivity index (χ2v) is 6.97. The highest BCUT2D eigenvalue weighted by Crippen LogP contribution is 2.27. The van der Waals surface area contributed by atoms with Crippen LogP contribution in [0, 0.1) is 0 Å². The molecule has 0 bridgehead atoms. The van der Waals surface area contributed by atoms with E-state index < -0.39 is 5.60 Å². The molecule has 1 saturated heterocycles. The summed E-state index contributed by atoms with van der Waals surface area (Å²) in [6.45, 7) is 9.15. The van der Waals surface area contributed by atoms with Crippen LogP contribution in [-0.4, -0.2) is 41.9 Å². The lowest BCUT2D eigenvalue weighted by atomic mass is 9.93. The van der Waals surface area contributed by atoms with Gasteiger partial charge in [0.05, 0.1) is 17.2 Å². The minimum atomic E-state index is -0.465. The molecule has 1 aliphatic heterocycles. The molecule has 1 rings (SSSR count). The molecule has 0 spiro atoms. The summed E-state index contributed by atoms with van der Waals surface area (Å²) in [4.78, 5) is 13.7. The first kappa shape index (κ1) is 17.6. The van der Waals surface area contributed by atoms with Crippen LogP contribution in [0.5, 0.6) is 0 Å². The van der Waals surface area contributed by atoms with Crippen molar-refractivity contribution < 1.29 is 14.3 Å². The molecule has 0 aromatic carbocycles. The maximum atomic E-state index is 12.0. The Morgan fingerprint density at radius 3 is 2.35 bits per heavy atom. The quantitative estimate of drug-likeness (QED) is 0.784. The first-order chi connectivity index (χ1) is 9.15. The van der Waals surface area contributed by atoms with Gasteiger partial charge in [0.2, 0.25) is 0 Å². The second-order valence-electron chi connectivity index (χ2n) is 6.26. The molecule has 0 aromatic rings. The third kappa shape index (κ3) is 5.90. The molecular weight excluding hydrogens is 301 g/mol. The summed E-state index contributed by atoms with van der Waals surface area (Å²) >= 11 is 11.3. The third-order valence-electron chi connectivity index (χ3n) is 3.15. The Hall–Kier alpha value is -0.450. The Kier molecular flexibility index (Phi) is 6.17. The average Bonchev–Trinajstić information content (AvgIpc) is 2.34. The fourth-order valence-corrected chi connectivity index (χ4v) is 2.03. The number of nitrogens with zero attached hydrogens (tertiary/aromatic N) is 1. The van der Waals surface area contributed by atoms with E-state index in [1.165, 1.54) is 5.54 Å². The highest BCUT2D eigenvalue weighted by molar-refractivity contribution is 6.36. The lowest BCUT2D eigenvalue weighted by Gasteiger charge is -2.39. The molecule has 116 valence electrons. The molecule has 0 N–H and O–H groups in total. The van der Waals surface area contributed by atoms with Crippen LogP contribution in [0.2, 0.25) is 0 Å². The molecule has 0 radical (unpaired) electrons. The van der Waals surface area contributed by atoms with Crippen molar-refractivity contribution in [2.24, 2.45) is 0 Å². The summed E-state index contributed by atoms with van der Waals surface area (Å²) in [6, 6.07) is 0. The van der Waals surface area contributed by atoms with Gasteiger partial charge in [-0.25, -0.2) is 4.79 Å². The van der Waals surface area contributed by atoms with Crippen molar-refractivity contribution in [3.8, 4) is 0 Å². The van der Waals surface area contributed by atoms with Gasteiger partial charge in [-0.1, -0.05) is 23.2 Å². The normalized spacial score (nSPS) is 19.9. The van der Waals surface area contributed by atoms with E-state index in [4.69, 9.17) is 32.7 Å². The molecule has 1 aliphatic rings. The van der Waals surface area contributed by atoms with E-state index in [0.29, 0.717) is 24.7 Å². The Morgan fingerprint density at radius 2 is 1.90 bits per heavy atom. The monoisotopic (exact) mass is 323 g/mol. The first-order valence-electron chi connectivity index (χ1n) is 6.72. The van der Waals surface area contributed by atoms with E-state index in [-0.39, 0.29) is 11.7 Å². The number of hydrogen-bond donors (Lipinski definition) is 0. The topological polar surface area (TPSA) is 38.8 Å². The predicted molar refractivity (Wildman–Crippen MR) is 81.2 cm³/mol. The van der Waals surface area contributed by atoms with Crippen LogP contribution in [0.4, 0.5) is 4.79 Å². The highest BCUT2D eigenvalue weighted by atomic mass is 35.5. The number of amides is 1. The molecular formula is C14H23Cl2NO3. The van der Waals surface area contributed by atoms with Crippen LogP contribution in [0.3, 0.4) is 0 Å². The summed E-state index contributed by atoms with van der Waals surface area (Å²) in [5.74, 6) is 0. The fraction of sp³-hybridized carbons (Fsp3) is 0.786. The Morgan fingerprint density at radius 1 is 1.35 bits per heavy atom. The van der Waals surface area contributed by atoms with Gasteiger partial charge in [-0.05, 0) is 40.5 Å². The fourth-order valence-electron chi connectivity index (χ4n) is 1.91. The van der Waals surface area contributed by atoms with Gasteiger partial charge in [0.1, 0.15) is 5.60 Å². The SMILES string of the molecule is CC(C)(C)OC(=O)N1CCC(C)(OCC(Cl)=CCl)CC1. The van der Waals surface area contributed by atoms with Crippen LogP contribution in [0.25, 0.3) is 0 Å². The zero-order chi connectivity index (χ0) is 15.4. The van der Waals surface area contributed by atoms with E-state index in [0.717, 1.165) is 12.8 Å². The molecule has 0 unspecified atom stereocenters. The number of rotatable bonds is 3.